The number of nitrogens with one attached hydrogen (secondary N) is 1. The first-order chi connectivity index (χ1) is 10.2. The van der Waals surface area contributed by atoms with Crippen molar-refractivity contribution in [2.75, 3.05) is 5.32 Å². The smallest absolute Gasteiger partial charge is 0.335 e. The van der Waals surface area contributed by atoms with Crippen LogP contribution in [0.1, 0.15) is 15.9 Å². The highest BCUT2D eigenvalue weighted by Gasteiger charge is 2.04. The molecule has 1 heterocycles. The van der Waals surface area contributed by atoms with Gasteiger partial charge in [-0.05, 0) is 23.8 Å². The summed E-state index contributed by atoms with van der Waals surface area (Å²) in [6.07, 6.45) is 1.76. The molecule has 3 aromatic rings. The molecule has 0 saturated heterocycles. The van der Waals surface area contributed by atoms with E-state index in [-0.39, 0.29) is 5.56 Å². The van der Waals surface area contributed by atoms with Crippen molar-refractivity contribution >= 4 is 22.8 Å². The fraction of sp³-hybridized carbons (Fsp3) is 0.0625. The van der Waals surface area contributed by atoms with Crippen molar-refractivity contribution in [1.82, 2.24) is 9.97 Å². The molecule has 0 atom stereocenters. The van der Waals surface area contributed by atoms with Crippen molar-refractivity contribution in [1.29, 1.82) is 0 Å². The molecule has 21 heavy (non-hydrogen) atoms. The number of carboxylic acids is 1. The van der Waals surface area contributed by atoms with Crippen LogP contribution in [-0.2, 0) is 6.54 Å². The summed E-state index contributed by atoms with van der Waals surface area (Å²) in [6.45, 7) is 0.472. The van der Waals surface area contributed by atoms with Crippen LogP contribution < -0.4 is 5.32 Å². The maximum atomic E-state index is 10.9. The van der Waals surface area contributed by atoms with E-state index in [2.05, 4.69) is 15.3 Å². The van der Waals surface area contributed by atoms with Gasteiger partial charge in [-0.25, -0.2) is 14.8 Å². The van der Waals surface area contributed by atoms with Gasteiger partial charge in [0, 0.05) is 18.1 Å². The highest BCUT2D eigenvalue weighted by molar-refractivity contribution is 5.87. The molecule has 0 fully saturated rings. The predicted octanol–water partition coefficient (Wildman–Crippen LogP) is 2.94. The molecule has 1 aromatic heterocycles. The maximum Gasteiger partial charge on any atom is 0.335 e. The molecule has 5 nitrogen and oxygen atoms in total. The van der Waals surface area contributed by atoms with E-state index in [4.69, 9.17) is 5.11 Å². The minimum atomic E-state index is -0.932. The van der Waals surface area contributed by atoms with E-state index < -0.39 is 5.97 Å². The van der Waals surface area contributed by atoms with Crippen molar-refractivity contribution in [2.24, 2.45) is 0 Å². The molecular weight excluding hydrogens is 266 g/mol. The number of carboxylic acid groups (broad SMARTS) is 1. The summed E-state index contributed by atoms with van der Waals surface area (Å²) in [5.74, 6) is -0.409. The van der Waals surface area contributed by atoms with Gasteiger partial charge in [-0.3, -0.25) is 0 Å². The number of hydrogen-bond acceptors (Lipinski definition) is 4. The van der Waals surface area contributed by atoms with Crippen molar-refractivity contribution in [3.63, 3.8) is 0 Å². The monoisotopic (exact) mass is 279 g/mol. The quantitative estimate of drug-likeness (QED) is 0.768. The van der Waals surface area contributed by atoms with Crippen LogP contribution in [0.2, 0.25) is 0 Å². The molecule has 3 rings (SSSR count). The van der Waals surface area contributed by atoms with Crippen LogP contribution >= 0.6 is 0 Å². The second-order valence-corrected chi connectivity index (χ2v) is 4.61. The molecule has 0 bridgehead atoms. The van der Waals surface area contributed by atoms with E-state index in [0.717, 1.165) is 16.5 Å². The largest absolute Gasteiger partial charge is 0.478 e. The van der Waals surface area contributed by atoms with Crippen LogP contribution in [0.3, 0.4) is 0 Å². The first kappa shape index (κ1) is 13.1. The minimum Gasteiger partial charge on any atom is -0.478 e. The normalized spacial score (nSPS) is 10.5. The Morgan fingerprint density at radius 2 is 2.00 bits per heavy atom. The SMILES string of the molecule is O=C(O)c1cccc(CNc2ncc3ccccc3n2)c1. The fourth-order valence-corrected chi connectivity index (χ4v) is 2.05. The number of rotatable bonds is 4. The van der Waals surface area contributed by atoms with Crippen LogP contribution in [0.25, 0.3) is 10.9 Å². The summed E-state index contributed by atoms with van der Waals surface area (Å²) in [5.41, 5.74) is 2.01. The lowest BCUT2D eigenvalue weighted by atomic mass is 10.1. The number of hydrogen-bond donors (Lipinski definition) is 2. The molecule has 0 spiro atoms. The number of para-hydroxylation sites is 1. The second-order valence-electron chi connectivity index (χ2n) is 4.61. The van der Waals surface area contributed by atoms with Gasteiger partial charge < -0.3 is 10.4 Å². The van der Waals surface area contributed by atoms with Crippen molar-refractivity contribution in [3.8, 4) is 0 Å². The van der Waals surface area contributed by atoms with E-state index in [0.29, 0.717) is 12.5 Å². The Morgan fingerprint density at radius 3 is 2.86 bits per heavy atom. The molecule has 0 unspecified atom stereocenters. The number of nitrogens with zero attached hydrogens (tertiary/aromatic N) is 2. The molecule has 0 aliphatic heterocycles. The van der Waals surface area contributed by atoms with E-state index >= 15 is 0 Å². The lowest BCUT2D eigenvalue weighted by molar-refractivity contribution is 0.0697. The number of benzene rings is 2. The van der Waals surface area contributed by atoms with Gasteiger partial charge in [-0.2, -0.15) is 0 Å². The number of fused-ring (bicyclic) bond motifs is 1. The summed E-state index contributed by atoms with van der Waals surface area (Å²) in [7, 11) is 0. The van der Waals surface area contributed by atoms with Gasteiger partial charge in [0.1, 0.15) is 0 Å². The van der Waals surface area contributed by atoms with Gasteiger partial charge in [0.15, 0.2) is 0 Å². The van der Waals surface area contributed by atoms with Gasteiger partial charge in [0.2, 0.25) is 5.95 Å². The van der Waals surface area contributed by atoms with Gasteiger partial charge in [0.05, 0.1) is 11.1 Å². The van der Waals surface area contributed by atoms with E-state index in [1.165, 1.54) is 0 Å². The summed E-state index contributed by atoms with van der Waals surface area (Å²) < 4.78 is 0. The third-order valence-corrected chi connectivity index (χ3v) is 3.11. The lowest BCUT2D eigenvalue weighted by Gasteiger charge is -2.06. The zero-order valence-corrected chi connectivity index (χ0v) is 11.2. The summed E-state index contributed by atoms with van der Waals surface area (Å²) in [6, 6.07) is 14.5. The van der Waals surface area contributed by atoms with Crippen molar-refractivity contribution in [3.05, 3.63) is 65.9 Å². The Morgan fingerprint density at radius 1 is 1.14 bits per heavy atom. The molecule has 5 heteroatoms. The minimum absolute atomic E-state index is 0.272. The molecule has 0 aliphatic rings. The Hall–Kier alpha value is -2.95. The number of aromatic carboxylic acids is 1. The third-order valence-electron chi connectivity index (χ3n) is 3.11. The average molecular weight is 279 g/mol. The van der Waals surface area contributed by atoms with Crippen LogP contribution in [0.15, 0.2) is 54.7 Å². The molecule has 104 valence electrons. The number of aromatic nitrogens is 2. The molecule has 2 N–H and O–H groups in total. The first-order valence-corrected chi connectivity index (χ1v) is 6.50. The van der Waals surface area contributed by atoms with Crippen LogP contribution in [-0.4, -0.2) is 21.0 Å². The standard InChI is InChI=1S/C16H13N3O2/c20-15(21)12-6-3-4-11(8-12)9-17-16-18-10-13-5-1-2-7-14(13)19-16/h1-8,10H,9H2,(H,20,21)(H,17,18,19). The molecule has 0 saturated carbocycles. The maximum absolute atomic E-state index is 10.9. The number of anilines is 1. The zero-order chi connectivity index (χ0) is 14.7. The second kappa shape index (κ2) is 5.58. The van der Waals surface area contributed by atoms with Gasteiger partial charge in [-0.15, -0.1) is 0 Å². The van der Waals surface area contributed by atoms with Crippen molar-refractivity contribution < 1.29 is 9.90 Å². The Kier molecular flexibility index (Phi) is 3.47. The van der Waals surface area contributed by atoms with Crippen molar-refractivity contribution in [2.45, 2.75) is 6.54 Å². The summed E-state index contributed by atoms with van der Waals surface area (Å²) >= 11 is 0. The molecule has 2 aromatic carbocycles. The molecular formula is C16H13N3O2. The summed E-state index contributed by atoms with van der Waals surface area (Å²) in [5, 5.41) is 13.1. The van der Waals surface area contributed by atoms with E-state index in [1.807, 2.05) is 30.3 Å². The molecule has 0 radical (unpaired) electrons. The Labute approximate surface area is 121 Å². The highest BCUT2D eigenvalue weighted by atomic mass is 16.4. The van der Waals surface area contributed by atoms with Gasteiger partial charge in [0.25, 0.3) is 0 Å². The van der Waals surface area contributed by atoms with E-state index in [1.54, 1.807) is 24.4 Å². The lowest BCUT2D eigenvalue weighted by Crippen LogP contribution is -2.05. The average Bonchev–Trinajstić information content (AvgIpc) is 2.53. The third kappa shape index (κ3) is 2.97. The van der Waals surface area contributed by atoms with Crippen LogP contribution in [0, 0.1) is 0 Å². The first-order valence-electron chi connectivity index (χ1n) is 6.50. The summed E-state index contributed by atoms with van der Waals surface area (Å²) in [4.78, 5) is 19.6. The predicted molar refractivity (Wildman–Crippen MR) is 80.3 cm³/mol. The zero-order valence-electron chi connectivity index (χ0n) is 11.2. The van der Waals surface area contributed by atoms with Gasteiger partial charge in [-0.1, -0.05) is 30.3 Å². The highest BCUT2D eigenvalue weighted by Crippen LogP contribution is 2.13. The fourth-order valence-electron chi connectivity index (χ4n) is 2.05. The molecule has 0 amide bonds. The Balaban J connectivity index is 1.77. The van der Waals surface area contributed by atoms with Gasteiger partial charge >= 0.3 is 5.97 Å². The Bertz CT molecular complexity index is 802. The van der Waals surface area contributed by atoms with E-state index in [9.17, 15) is 4.79 Å². The number of carbonyl (C=O) groups is 1. The topological polar surface area (TPSA) is 75.1 Å². The van der Waals surface area contributed by atoms with Crippen LogP contribution in [0.4, 0.5) is 5.95 Å². The molecule has 0 aliphatic carbocycles. The van der Waals surface area contributed by atoms with Crippen LogP contribution in [0.5, 0.6) is 0 Å².